The predicted octanol–water partition coefficient (Wildman–Crippen LogP) is 1.68. The molecule has 1 aromatic rings. The van der Waals surface area contributed by atoms with E-state index in [2.05, 4.69) is 0 Å². The molecule has 3 atom stereocenters. The molecule has 19 heavy (non-hydrogen) atoms. The van der Waals surface area contributed by atoms with Crippen LogP contribution in [0.3, 0.4) is 0 Å². The fourth-order valence-electron chi connectivity index (χ4n) is 3.46. The van der Waals surface area contributed by atoms with Gasteiger partial charge in [0.1, 0.15) is 5.76 Å². The average Bonchev–Trinajstić information content (AvgIpc) is 3.11. The molecule has 2 fully saturated rings. The van der Waals surface area contributed by atoms with E-state index in [1.165, 1.54) is 0 Å². The van der Waals surface area contributed by atoms with Gasteiger partial charge >= 0.3 is 5.97 Å². The number of hydrogen-bond acceptors (Lipinski definition) is 3. The van der Waals surface area contributed by atoms with Gasteiger partial charge < -0.3 is 14.4 Å². The quantitative estimate of drug-likeness (QED) is 0.897. The molecule has 0 unspecified atom stereocenters. The third-order valence-electron chi connectivity index (χ3n) is 4.31. The summed E-state index contributed by atoms with van der Waals surface area (Å²) in [4.78, 5) is 25.2. The number of rotatable bonds is 4. The number of amides is 1. The van der Waals surface area contributed by atoms with E-state index in [0.717, 1.165) is 18.6 Å². The fourth-order valence-corrected chi connectivity index (χ4v) is 3.46. The van der Waals surface area contributed by atoms with Crippen LogP contribution in [0.25, 0.3) is 0 Å². The van der Waals surface area contributed by atoms with Crippen LogP contribution in [-0.4, -0.2) is 34.0 Å². The zero-order chi connectivity index (χ0) is 13.4. The number of fused-ring (bicyclic) bond motifs is 2. The second-order valence-corrected chi connectivity index (χ2v) is 5.36. The molecule has 5 nitrogen and oxygen atoms in total. The predicted molar refractivity (Wildman–Crippen MR) is 66.4 cm³/mol. The largest absolute Gasteiger partial charge is 0.481 e. The van der Waals surface area contributed by atoms with Crippen molar-refractivity contribution in [3.05, 3.63) is 24.2 Å². The lowest BCUT2D eigenvalue weighted by Gasteiger charge is -2.22. The van der Waals surface area contributed by atoms with Crippen LogP contribution in [0.5, 0.6) is 0 Å². The van der Waals surface area contributed by atoms with Crippen molar-refractivity contribution in [2.75, 3.05) is 0 Å². The summed E-state index contributed by atoms with van der Waals surface area (Å²) in [6, 6.07) is 3.70. The summed E-state index contributed by atoms with van der Waals surface area (Å²) >= 11 is 0. The summed E-state index contributed by atoms with van der Waals surface area (Å²) in [5, 5.41) is 9.16. The van der Waals surface area contributed by atoms with Crippen molar-refractivity contribution in [1.29, 1.82) is 0 Å². The minimum atomic E-state index is -0.768. The molecule has 0 aromatic carbocycles. The van der Waals surface area contributed by atoms with Gasteiger partial charge in [-0.15, -0.1) is 0 Å². The topological polar surface area (TPSA) is 70.8 Å². The molecule has 1 N–H and O–H groups in total. The number of carbonyl (C=O) groups excluding carboxylic acids is 1. The van der Waals surface area contributed by atoms with E-state index in [0.29, 0.717) is 19.3 Å². The first kappa shape index (κ1) is 12.3. The molecule has 1 amide bonds. The molecule has 2 aliphatic heterocycles. The molecule has 102 valence electrons. The number of nitrogens with zero attached hydrogens (tertiary/aromatic N) is 1. The Morgan fingerprint density at radius 2 is 2.26 bits per heavy atom. The summed E-state index contributed by atoms with van der Waals surface area (Å²) in [7, 11) is 0. The van der Waals surface area contributed by atoms with Crippen molar-refractivity contribution < 1.29 is 19.1 Å². The van der Waals surface area contributed by atoms with Crippen LogP contribution in [-0.2, 0) is 16.0 Å². The molecule has 0 aliphatic carbocycles. The average molecular weight is 263 g/mol. The Bertz CT molecular complexity index is 482. The molecule has 2 bridgehead atoms. The van der Waals surface area contributed by atoms with E-state index < -0.39 is 5.97 Å². The smallest absolute Gasteiger partial charge is 0.308 e. The fraction of sp³-hybridized carbons (Fsp3) is 0.571. The van der Waals surface area contributed by atoms with Gasteiger partial charge in [0.05, 0.1) is 12.2 Å². The molecule has 3 heterocycles. The van der Waals surface area contributed by atoms with Crippen molar-refractivity contribution in [1.82, 2.24) is 4.90 Å². The van der Waals surface area contributed by atoms with Crippen LogP contribution in [0.2, 0.25) is 0 Å². The Balaban J connectivity index is 1.63. The van der Waals surface area contributed by atoms with Crippen LogP contribution < -0.4 is 0 Å². The van der Waals surface area contributed by atoms with Gasteiger partial charge in [-0.05, 0) is 31.4 Å². The van der Waals surface area contributed by atoms with Gasteiger partial charge in [-0.1, -0.05) is 0 Å². The highest BCUT2D eigenvalue weighted by Crippen LogP contribution is 2.42. The van der Waals surface area contributed by atoms with Crippen molar-refractivity contribution in [2.24, 2.45) is 5.92 Å². The van der Waals surface area contributed by atoms with Gasteiger partial charge in [0.2, 0.25) is 5.91 Å². The van der Waals surface area contributed by atoms with E-state index in [-0.39, 0.29) is 23.9 Å². The Hall–Kier alpha value is -1.78. The molecule has 0 radical (unpaired) electrons. The monoisotopic (exact) mass is 263 g/mol. The number of aryl methyl sites for hydroxylation is 1. The number of carbonyl (C=O) groups is 2. The van der Waals surface area contributed by atoms with E-state index in [9.17, 15) is 9.59 Å². The Morgan fingerprint density at radius 3 is 2.89 bits per heavy atom. The van der Waals surface area contributed by atoms with Gasteiger partial charge in [-0.2, -0.15) is 0 Å². The molecular formula is C14H17NO4. The summed E-state index contributed by atoms with van der Waals surface area (Å²) in [5.41, 5.74) is 0. The minimum Gasteiger partial charge on any atom is -0.481 e. The highest BCUT2D eigenvalue weighted by atomic mass is 16.4. The third kappa shape index (κ3) is 2.13. The van der Waals surface area contributed by atoms with Crippen LogP contribution in [0.1, 0.15) is 31.4 Å². The molecule has 2 aliphatic rings. The second kappa shape index (κ2) is 4.72. The third-order valence-corrected chi connectivity index (χ3v) is 4.31. The standard InChI is InChI=1S/C14H17NO4/c16-13(6-4-10-2-1-7-19-10)15-9-3-5-12(15)11(8-9)14(17)18/h1-2,7,9,11-12H,3-6,8H2,(H,17,18)/t9-,11-,12+/m1/s1. The molecule has 2 saturated heterocycles. The van der Waals surface area contributed by atoms with Gasteiger partial charge in [0.15, 0.2) is 0 Å². The van der Waals surface area contributed by atoms with Gasteiger partial charge in [0.25, 0.3) is 0 Å². The van der Waals surface area contributed by atoms with Crippen molar-refractivity contribution in [2.45, 2.75) is 44.2 Å². The van der Waals surface area contributed by atoms with Gasteiger partial charge in [0, 0.05) is 24.9 Å². The number of furan rings is 1. The summed E-state index contributed by atoms with van der Waals surface area (Å²) in [5.74, 6) is -0.273. The first-order chi connectivity index (χ1) is 9.16. The summed E-state index contributed by atoms with van der Waals surface area (Å²) < 4.78 is 5.21. The number of aliphatic carboxylic acids is 1. The number of hydrogen-bond donors (Lipinski definition) is 1. The number of carboxylic acid groups (broad SMARTS) is 1. The van der Waals surface area contributed by atoms with Gasteiger partial charge in [-0.3, -0.25) is 9.59 Å². The molecular weight excluding hydrogens is 246 g/mol. The summed E-state index contributed by atoms with van der Waals surface area (Å²) in [6.45, 7) is 0. The van der Waals surface area contributed by atoms with Crippen molar-refractivity contribution in [3.63, 3.8) is 0 Å². The molecule has 3 rings (SSSR count). The first-order valence-corrected chi connectivity index (χ1v) is 6.73. The lowest BCUT2D eigenvalue weighted by molar-refractivity contribution is -0.143. The maximum Gasteiger partial charge on any atom is 0.308 e. The molecule has 1 aromatic heterocycles. The maximum absolute atomic E-state index is 12.3. The highest BCUT2D eigenvalue weighted by molar-refractivity contribution is 5.80. The zero-order valence-corrected chi connectivity index (χ0v) is 10.6. The van der Waals surface area contributed by atoms with Gasteiger partial charge in [-0.25, -0.2) is 0 Å². The van der Waals surface area contributed by atoms with E-state index in [1.54, 1.807) is 12.3 Å². The lowest BCUT2D eigenvalue weighted by atomic mass is 9.89. The zero-order valence-electron chi connectivity index (χ0n) is 10.6. The molecule has 5 heteroatoms. The summed E-state index contributed by atoms with van der Waals surface area (Å²) in [6.07, 6.45) is 4.97. The van der Waals surface area contributed by atoms with Crippen LogP contribution in [0.4, 0.5) is 0 Å². The Kier molecular flexibility index (Phi) is 3.05. The van der Waals surface area contributed by atoms with Crippen LogP contribution >= 0.6 is 0 Å². The highest BCUT2D eigenvalue weighted by Gasteiger charge is 2.50. The van der Waals surface area contributed by atoms with Crippen LogP contribution in [0, 0.1) is 5.92 Å². The molecule has 0 spiro atoms. The van der Waals surface area contributed by atoms with Crippen molar-refractivity contribution >= 4 is 11.9 Å². The van der Waals surface area contributed by atoms with Crippen molar-refractivity contribution in [3.8, 4) is 0 Å². The maximum atomic E-state index is 12.3. The Morgan fingerprint density at radius 1 is 1.42 bits per heavy atom. The number of carboxylic acids is 1. The SMILES string of the molecule is O=C(O)[C@@H]1C[C@H]2CC[C@@H]1N2C(=O)CCc1ccco1. The van der Waals surface area contributed by atoms with E-state index >= 15 is 0 Å². The second-order valence-electron chi connectivity index (χ2n) is 5.36. The molecule has 0 saturated carbocycles. The minimum absolute atomic E-state index is 0.0626. The van der Waals surface area contributed by atoms with Crippen LogP contribution in [0.15, 0.2) is 22.8 Å². The normalized spacial score (nSPS) is 28.8. The first-order valence-electron chi connectivity index (χ1n) is 6.73. The van der Waals surface area contributed by atoms with E-state index in [1.807, 2.05) is 11.0 Å². The Labute approximate surface area is 111 Å². The van der Waals surface area contributed by atoms with E-state index in [4.69, 9.17) is 9.52 Å². The lowest BCUT2D eigenvalue weighted by Crippen LogP contribution is -2.37.